The number of halogens is 4. The van der Waals surface area contributed by atoms with Crippen molar-refractivity contribution in [3.05, 3.63) is 51.7 Å². The summed E-state index contributed by atoms with van der Waals surface area (Å²) in [6, 6.07) is 8.71. The van der Waals surface area contributed by atoms with Crippen LogP contribution in [0.3, 0.4) is 0 Å². The third-order valence-electron chi connectivity index (χ3n) is 2.10. The minimum Gasteiger partial charge on any atom is -0.439 e. The van der Waals surface area contributed by atoms with E-state index in [4.69, 9.17) is 4.74 Å². The van der Waals surface area contributed by atoms with Crippen LogP contribution in [-0.2, 0) is 6.18 Å². The highest BCUT2D eigenvalue weighted by molar-refractivity contribution is 14.1. The van der Waals surface area contributed by atoms with Gasteiger partial charge in [0, 0.05) is 15.8 Å². The van der Waals surface area contributed by atoms with E-state index in [-0.39, 0.29) is 5.88 Å². The Morgan fingerprint density at radius 1 is 1.06 bits per heavy atom. The SMILES string of the molecule is FC(F)(F)c1ccnc(Oc2ccc(I)cc2)c1. The van der Waals surface area contributed by atoms with Crippen LogP contribution in [0.25, 0.3) is 0 Å². The topological polar surface area (TPSA) is 22.1 Å². The second-order valence-electron chi connectivity index (χ2n) is 3.44. The first kappa shape index (κ1) is 13.1. The van der Waals surface area contributed by atoms with Crippen molar-refractivity contribution in [2.75, 3.05) is 0 Å². The molecule has 1 aromatic carbocycles. The number of alkyl halides is 3. The highest BCUT2D eigenvalue weighted by atomic mass is 127. The molecule has 0 bridgehead atoms. The molecule has 0 aliphatic heterocycles. The van der Waals surface area contributed by atoms with Crippen LogP contribution >= 0.6 is 22.6 Å². The van der Waals surface area contributed by atoms with Crippen LogP contribution in [-0.4, -0.2) is 4.98 Å². The Labute approximate surface area is 115 Å². The summed E-state index contributed by atoms with van der Waals surface area (Å²) in [5.74, 6) is 0.369. The fraction of sp³-hybridized carbons (Fsp3) is 0.0833. The number of aromatic nitrogens is 1. The molecule has 94 valence electrons. The lowest BCUT2D eigenvalue weighted by Crippen LogP contribution is -2.05. The van der Waals surface area contributed by atoms with Crippen LogP contribution in [0.1, 0.15) is 5.56 Å². The fourth-order valence-electron chi connectivity index (χ4n) is 1.26. The highest BCUT2D eigenvalue weighted by Crippen LogP contribution is 2.31. The van der Waals surface area contributed by atoms with Crippen molar-refractivity contribution in [2.45, 2.75) is 6.18 Å². The Hall–Kier alpha value is -1.31. The molecule has 18 heavy (non-hydrogen) atoms. The summed E-state index contributed by atoms with van der Waals surface area (Å²) in [6.07, 6.45) is -3.32. The number of hydrogen-bond acceptors (Lipinski definition) is 2. The summed E-state index contributed by atoms with van der Waals surface area (Å²) in [7, 11) is 0. The van der Waals surface area contributed by atoms with E-state index in [1.165, 1.54) is 0 Å². The van der Waals surface area contributed by atoms with Gasteiger partial charge < -0.3 is 4.74 Å². The molecule has 0 saturated carbocycles. The van der Waals surface area contributed by atoms with Gasteiger partial charge in [0.2, 0.25) is 5.88 Å². The number of pyridine rings is 1. The van der Waals surface area contributed by atoms with Gasteiger partial charge in [0.05, 0.1) is 5.56 Å². The summed E-state index contributed by atoms with van der Waals surface area (Å²) in [5, 5.41) is 0. The maximum atomic E-state index is 12.5. The summed E-state index contributed by atoms with van der Waals surface area (Å²) in [4.78, 5) is 3.75. The monoisotopic (exact) mass is 365 g/mol. The molecule has 0 atom stereocenters. The average molecular weight is 365 g/mol. The molecule has 1 aromatic heterocycles. The zero-order valence-corrected chi connectivity index (χ0v) is 11.1. The van der Waals surface area contributed by atoms with Gasteiger partial charge in [-0.2, -0.15) is 13.2 Å². The number of nitrogens with zero attached hydrogens (tertiary/aromatic N) is 1. The van der Waals surface area contributed by atoms with Crippen molar-refractivity contribution in [3.8, 4) is 11.6 Å². The fourth-order valence-corrected chi connectivity index (χ4v) is 1.62. The molecule has 0 aliphatic carbocycles. The minimum absolute atomic E-state index is 0.0777. The highest BCUT2D eigenvalue weighted by Gasteiger charge is 2.30. The third-order valence-corrected chi connectivity index (χ3v) is 2.82. The van der Waals surface area contributed by atoms with Crippen LogP contribution in [0.5, 0.6) is 11.6 Å². The maximum Gasteiger partial charge on any atom is 0.416 e. The van der Waals surface area contributed by atoms with Crippen molar-refractivity contribution in [1.29, 1.82) is 0 Å². The molecule has 6 heteroatoms. The van der Waals surface area contributed by atoms with E-state index < -0.39 is 11.7 Å². The Balaban J connectivity index is 2.22. The van der Waals surface area contributed by atoms with Gasteiger partial charge in [0.25, 0.3) is 0 Å². The first-order valence-electron chi connectivity index (χ1n) is 4.92. The van der Waals surface area contributed by atoms with Crippen molar-refractivity contribution in [1.82, 2.24) is 4.98 Å². The zero-order chi connectivity index (χ0) is 13.2. The van der Waals surface area contributed by atoms with Crippen LogP contribution in [0.2, 0.25) is 0 Å². The van der Waals surface area contributed by atoms with Crippen molar-refractivity contribution >= 4 is 22.6 Å². The molecule has 0 spiro atoms. The van der Waals surface area contributed by atoms with Crippen LogP contribution < -0.4 is 4.74 Å². The van der Waals surface area contributed by atoms with Gasteiger partial charge in [-0.15, -0.1) is 0 Å². The third kappa shape index (κ3) is 3.34. The van der Waals surface area contributed by atoms with E-state index in [1.54, 1.807) is 24.3 Å². The summed E-state index contributed by atoms with van der Waals surface area (Å²) < 4.78 is 43.7. The first-order chi connectivity index (χ1) is 8.45. The maximum absolute atomic E-state index is 12.5. The molecule has 0 amide bonds. The molecule has 0 saturated heterocycles. The molecule has 2 nitrogen and oxygen atoms in total. The molecule has 0 radical (unpaired) electrons. The van der Waals surface area contributed by atoms with E-state index >= 15 is 0 Å². The Morgan fingerprint density at radius 2 is 1.72 bits per heavy atom. The standard InChI is InChI=1S/C12H7F3INO/c13-12(14,15)8-5-6-17-11(7-8)18-10-3-1-9(16)2-4-10/h1-7H. The number of rotatable bonds is 2. The smallest absolute Gasteiger partial charge is 0.416 e. The zero-order valence-electron chi connectivity index (χ0n) is 8.91. The molecule has 2 aromatic rings. The van der Waals surface area contributed by atoms with E-state index in [2.05, 4.69) is 27.6 Å². The van der Waals surface area contributed by atoms with E-state index in [0.717, 1.165) is 21.9 Å². The second-order valence-corrected chi connectivity index (χ2v) is 4.68. The first-order valence-corrected chi connectivity index (χ1v) is 6.00. The second kappa shape index (κ2) is 5.13. The van der Waals surface area contributed by atoms with Gasteiger partial charge in [0.15, 0.2) is 0 Å². The average Bonchev–Trinajstić information content (AvgIpc) is 2.31. The molecule has 0 N–H and O–H groups in total. The molecule has 0 aliphatic rings. The normalized spacial score (nSPS) is 11.3. The summed E-state index contributed by atoms with van der Waals surface area (Å²) in [6.45, 7) is 0. The van der Waals surface area contributed by atoms with Gasteiger partial charge in [0.1, 0.15) is 5.75 Å². The lowest BCUT2D eigenvalue weighted by molar-refractivity contribution is -0.137. The van der Waals surface area contributed by atoms with E-state index in [1.807, 2.05) is 0 Å². The lowest BCUT2D eigenvalue weighted by Gasteiger charge is -2.08. The predicted molar refractivity (Wildman–Crippen MR) is 68.5 cm³/mol. The Kier molecular flexibility index (Phi) is 3.74. The van der Waals surface area contributed by atoms with Crippen molar-refractivity contribution in [2.24, 2.45) is 0 Å². The molecule has 2 rings (SSSR count). The number of benzene rings is 1. The summed E-state index contributed by atoms with van der Waals surface area (Å²) in [5.41, 5.74) is -0.780. The van der Waals surface area contributed by atoms with Crippen LogP contribution in [0.15, 0.2) is 42.6 Å². The van der Waals surface area contributed by atoms with Crippen molar-refractivity contribution in [3.63, 3.8) is 0 Å². The molecule has 1 heterocycles. The number of ether oxygens (including phenoxy) is 1. The van der Waals surface area contributed by atoms with E-state index in [9.17, 15) is 13.2 Å². The van der Waals surface area contributed by atoms with Gasteiger partial charge in [-0.3, -0.25) is 0 Å². The lowest BCUT2D eigenvalue weighted by atomic mass is 10.2. The number of hydrogen-bond donors (Lipinski definition) is 0. The van der Waals surface area contributed by atoms with Gasteiger partial charge in [-0.1, -0.05) is 0 Å². The van der Waals surface area contributed by atoms with Crippen molar-refractivity contribution < 1.29 is 17.9 Å². The Morgan fingerprint density at radius 3 is 2.33 bits per heavy atom. The van der Waals surface area contributed by atoms with Gasteiger partial charge >= 0.3 is 6.18 Å². The van der Waals surface area contributed by atoms with Gasteiger partial charge in [-0.25, -0.2) is 4.98 Å². The summed E-state index contributed by atoms with van der Waals surface area (Å²) >= 11 is 2.12. The van der Waals surface area contributed by atoms with Crippen LogP contribution in [0.4, 0.5) is 13.2 Å². The minimum atomic E-state index is -4.40. The Bertz CT molecular complexity index is 540. The largest absolute Gasteiger partial charge is 0.439 e. The van der Waals surface area contributed by atoms with Gasteiger partial charge in [-0.05, 0) is 52.9 Å². The molecule has 0 unspecified atom stereocenters. The quantitative estimate of drug-likeness (QED) is 0.732. The molecule has 0 fully saturated rings. The molecular weight excluding hydrogens is 358 g/mol. The molecular formula is C12H7F3INO. The van der Waals surface area contributed by atoms with E-state index in [0.29, 0.717) is 5.75 Å². The predicted octanol–water partition coefficient (Wildman–Crippen LogP) is 4.50. The van der Waals surface area contributed by atoms with Crippen LogP contribution in [0, 0.1) is 3.57 Å².